The van der Waals surface area contributed by atoms with E-state index in [1.807, 2.05) is 30.3 Å². The Hall–Kier alpha value is -1.84. The Kier molecular flexibility index (Phi) is 4.53. The molecule has 1 heterocycles. The largest absolute Gasteiger partial charge is 0.489 e. The summed E-state index contributed by atoms with van der Waals surface area (Å²) in [5, 5.41) is 0. The van der Waals surface area contributed by atoms with Gasteiger partial charge in [-0.1, -0.05) is 49.4 Å². The first-order chi connectivity index (χ1) is 10.4. The van der Waals surface area contributed by atoms with Gasteiger partial charge in [0.15, 0.2) is 0 Å². The molecule has 0 aromatic heterocycles. The molecule has 0 N–H and O–H groups in total. The summed E-state index contributed by atoms with van der Waals surface area (Å²) in [5.41, 5.74) is 2.37. The number of ether oxygens (including phenoxy) is 2. The van der Waals surface area contributed by atoms with Crippen LogP contribution >= 0.6 is 0 Å². The number of benzene rings is 2. The number of hydrogen-bond acceptors (Lipinski definition) is 3. The number of nitrogens with zero attached hydrogens (tertiary/aromatic N) is 1. The first-order valence-electron chi connectivity index (χ1n) is 7.49. The summed E-state index contributed by atoms with van der Waals surface area (Å²) >= 11 is 0. The van der Waals surface area contributed by atoms with Crippen LogP contribution in [0.5, 0.6) is 5.75 Å². The van der Waals surface area contributed by atoms with Gasteiger partial charge in [0.2, 0.25) is 0 Å². The summed E-state index contributed by atoms with van der Waals surface area (Å²) in [6.07, 6.45) is 0.0955. The van der Waals surface area contributed by atoms with Crippen LogP contribution in [0.25, 0.3) is 0 Å². The number of hydrogen-bond donors (Lipinski definition) is 0. The lowest BCUT2D eigenvalue weighted by molar-refractivity contribution is 0.0353. The monoisotopic (exact) mass is 283 g/mol. The fraction of sp³-hybridized carbons (Fsp3) is 0.333. The highest BCUT2D eigenvalue weighted by molar-refractivity contribution is 5.29. The quantitative estimate of drug-likeness (QED) is 0.836. The third-order valence-electron chi connectivity index (χ3n) is 3.81. The molecule has 1 fully saturated rings. The fourth-order valence-electron chi connectivity index (χ4n) is 2.60. The Morgan fingerprint density at radius 1 is 1.10 bits per heavy atom. The standard InChI is InChI=1S/C18H21NO2/c1-2-19-12-13-20-18(19)16-8-10-17(11-9-16)21-14-15-6-4-3-5-7-15/h3-11,18H,2,12-14H2,1H3. The van der Waals surface area contributed by atoms with E-state index in [1.54, 1.807) is 0 Å². The minimum atomic E-state index is 0.0955. The van der Waals surface area contributed by atoms with Gasteiger partial charge in [-0.3, -0.25) is 4.90 Å². The molecule has 1 atom stereocenters. The SMILES string of the molecule is CCN1CCOC1c1ccc(OCc2ccccc2)cc1. The van der Waals surface area contributed by atoms with Gasteiger partial charge in [-0.25, -0.2) is 0 Å². The van der Waals surface area contributed by atoms with Crippen molar-refractivity contribution in [1.29, 1.82) is 0 Å². The zero-order valence-corrected chi connectivity index (χ0v) is 12.4. The van der Waals surface area contributed by atoms with Crippen molar-refractivity contribution in [2.24, 2.45) is 0 Å². The van der Waals surface area contributed by atoms with Crippen LogP contribution in [-0.2, 0) is 11.3 Å². The van der Waals surface area contributed by atoms with Gasteiger partial charge in [-0.05, 0) is 29.8 Å². The molecule has 21 heavy (non-hydrogen) atoms. The van der Waals surface area contributed by atoms with Crippen LogP contribution < -0.4 is 4.74 Å². The van der Waals surface area contributed by atoms with Gasteiger partial charge >= 0.3 is 0 Å². The van der Waals surface area contributed by atoms with E-state index in [0.29, 0.717) is 6.61 Å². The van der Waals surface area contributed by atoms with Crippen molar-refractivity contribution in [3.63, 3.8) is 0 Å². The molecule has 1 aliphatic rings. The first kappa shape index (κ1) is 14.1. The van der Waals surface area contributed by atoms with Crippen molar-refractivity contribution in [1.82, 2.24) is 4.90 Å². The van der Waals surface area contributed by atoms with Crippen LogP contribution in [0.3, 0.4) is 0 Å². The van der Waals surface area contributed by atoms with Crippen molar-refractivity contribution in [3.8, 4) is 5.75 Å². The van der Waals surface area contributed by atoms with Crippen LogP contribution in [-0.4, -0.2) is 24.6 Å². The molecule has 3 heteroatoms. The fourth-order valence-corrected chi connectivity index (χ4v) is 2.60. The smallest absolute Gasteiger partial charge is 0.136 e. The maximum atomic E-state index is 5.81. The van der Waals surface area contributed by atoms with Crippen LogP contribution in [0.1, 0.15) is 24.3 Å². The molecule has 3 rings (SSSR count). The Morgan fingerprint density at radius 3 is 2.57 bits per heavy atom. The van der Waals surface area contributed by atoms with E-state index in [9.17, 15) is 0 Å². The summed E-state index contributed by atoms with van der Waals surface area (Å²) in [6.45, 7) is 5.59. The molecule has 2 aromatic carbocycles. The summed E-state index contributed by atoms with van der Waals surface area (Å²) < 4.78 is 11.6. The van der Waals surface area contributed by atoms with E-state index >= 15 is 0 Å². The average molecular weight is 283 g/mol. The van der Waals surface area contributed by atoms with Crippen molar-refractivity contribution in [3.05, 3.63) is 65.7 Å². The van der Waals surface area contributed by atoms with Crippen molar-refractivity contribution >= 4 is 0 Å². The lowest BCUT2D eigenvalue weighted by Crippen LogP contribution is -2.23. The molecule has 2 aromatic rings. The molecule has 1 aliphatic heterocycles. The Balaban J connectivity index is 1.61. The Bertz CT molecular complexity index is 553. The number of rotatable bonds is 5. The Morgan fingerprint density at radius 2 is 1.86 bits per heavy atom. The van der Waals surface area contributed by atoms with E-state index in [2.05, 4.69) is 36.1 Å². The summed E-state index contributed by atoms with van der Waals surface area (Å²) in [6, 6.07) is 18.4. The van der Waals surface area contributed by atoms with E-state index in [1.165, 1.54) is 11.1 Å². The zero-order valence-electron chi connectivity index (χ0n) is 12.4. The minimum absolute atomic E-state index is 0.0955. The highest BCUT2D eigenvalue weighted by atomic mass is 16.5. The molecule has 3 nitrogen and oxygen atoms in total. The zero-order chi connectivity index (χ0) is 14.5. The average Bonchev–Trinajstić information content (AvgIpc) is 3.03. The maximum Gasteiger partial charge on any atom is 0.136 e. The maximum absolute atomic E-state index is 5.81. The van der Waals surface area contributed by atoms with Gasteiger partial charge in [0.1, 0.15) is 18.6 Å². The molecule has 0 aliphatic carbocycles. The number of likely N-dealkylation sites (N-methyl/N-ethyl adjacent to an activating group) is 1. The van der Waals surface area contributed by atoms with Gasteiger partial charge in [0.05, 0.1) is 6.61 Å². The third-order valence-corrected chi connectivity index (χ3v) is 3.81. The molecular formula is C18H21NO2. The van der Waals surface area contributed by atoms with Gasteiger partial charge in [-0.15, -0.1) is 0 Å². The molecule has 0 amide bonds. The topological polar surface area (TPSA) is 21.7 Å². The molecule has 0 radical (unpaired) electrons. The molecule has 0 bridgehead atoms. The summed E-state index contributed by atoms with van der Waals surface area (Å²) in [4.78, 5) is 2.33. The normalized spacial score (nSPS) is 18.8. The Labute approximate surface area is 126 Å². The predicted molar refractivity (Wildman–Crippen MR) is 83.2 cm³/mol. The van der Waals surface area contributed by atoms with Gasteiger partial charge < -0.3 is 9.47 Å². The van der Waals surface area contributed by atoms with E-state index in [0.717, 1.165) is 25.4 Å². The van der Waals surface area contributed by atoms with Gasteiger partial charge in [-0.2, -0.15) is 0 Å². The van der Waals surface area contributed by atoms with Crippen LogP contribution in [0.15, 0.2) is 54.6 Å². The van der Waals surface area contributed by atoms with E-state index in [-0.39, 0.29) is 6.23 Å². The molecule has 0 saturated carbocycles. The van der Waals surface area contributed by atoms with Crippen LogP contribution in [0.4, 0.5) is 0 Å². The second-order valence-corrected chi connectivity index (χ2v) is 5.20. The minimum Gasteiger partial charge on any atom is -0.489 e. The van der Waals surface area contributed by atoms with Crippen molar-refractivity contribution < 1.29 is 9.47 Å². The predicted octanol–water partition coefficient (Wildman–Crippen LogP) is 3.62. The summed E-state index contributed by atoms with van der Waals surface area (Å²) in [7, 11) is 0. The van der Waals surface area contributed by atoms with E-state index in [4.69, 9.17) is 9.47 Å². The molecule has 1 unspecified atom stereocenters. The first-order valence-corrected chi connectivity index (χ1v) is 7.49. The van der Waals surface area contributed by atoms with Crippen LogP contribution in [0, 0.1) is 0 Å². The summed E-state index contributed by atoms with van der Waals surface area (Å²) in [5.74, 6) is 0.892. The highest BCUT2D eigenvalue weighted by Gasteiger charge is 2.25. The molecule has 0 spiro atoms. The lowest BCUT2D eigenvalue weighted by Gasteiger charge is -2.21. The van der Waals surface area contributed by atoms with Crippen molar-refractivity contribution in [2.45, 2.75) is 19.8 Å². The van der Waals surface area contributed by atoms with Gasteiger partial charge in [0.25, 0.3) is 0 Å². The highest BCUT2D eigenvalue weighted by Crippen LogP contribution is 2.27. The lowest BCUT2D eigenvalue weighted by atomic mass is 10.2. The third kappa shape index (κ3) is 3.43. The second-order valence-electron chi connectivity index (χ2n) is 5.20. The molecular weight excluding hydrogens is 262 g/mol. The molecule has 110 valence electrons. The van der Waals surface area contributed by atoms with Gasteiger partial charge in [0, 0.05) is 6.54 Å². The van der Waals surface area contributed by atoms with Crippen molar-refractivity contribution in [2.75, 3.05) is 19.7 Å². The molecule has 1 saturated heterocycles. The van der Waals surface area contributed by atoms with E-state index < -0.39 is 0 Å². The van der Waals surface area contributed by atoms with Crippen LogP contribution in [0.2, 0.25) is 0 Å². The second kappa shape index (κ2) is 6.74.